The third kappa shape index (κ3) is 2.96. The Bertz CT molecular complexity index is 1130. The van der Waals surface area contributed by atoms with Gasteiger partial charge in [-0.2, -0.15) is 0 Å². The molecule has 154 valence electrons. The lowest BCUT2D eigenvalue weighted by molar-refractivity contribution is -0.0167. The van der Waals surface area contributed by atoms with Crippen LogP contribution in [0.2, 0.25) is 10.0 Å². The molecule has 1 N–H and O–H groups in total. The summed E-state index contributed by atoms with van der Waals surface area (Å²) in [7, 11) is 0. The third-order valence-electron chi connectivity index (χ3n) is 7.35. The highest BCUT2D eigenvalue weighted by molar-refractivity contribution is 6.36. The van der Waals surface area contributed by atoms with Gasteiger partial charge in [-0.25, -0.2) is 4.98 Å². The van der Waals surface area contributed by atoms with Crippen molar-refractivity contribution in [2.75, 3.05) is 0 Å². The molecule has 1 amide bonds. The van der Waals surface area contributed by atoms with Crippen molar-refractivity contribution < 1.29 is 4.79 Å². The lowest BCUT2D eigenvalue weighted by atomic mass is 9.53. The molecule has 1 aromatic carbocycles. The Hall–Kier alpha value is -2.04. The van der Waals surface area contributed by atoms with Crippen molar-refractivity contribution in [3.8, 4) is 11.4 Å². The van der Waals surface area contributed by atoms with Crippen molar-refractivity contribution in [3.63, 3.8) is 0 Å². The van der Waals surface area contributed by atoms with Crippen LogP contribution < -0.4 is 5.32 Å². The molecule has 7 rings (SSSR count). The molecule has 4 nitrogen and oxygen atoms in total. The molecule has 0 radical (unpaired) electrons. The fourth-order valence-corrected chi connectivity index (χ4v) is 7.12. The monoisotopic (exact) mass is 439 g/mol. The lowest BCUT2D eigenvalue weighted by Gasteiger charge is -2.56. The van der Waals surface area contributed by atoms with Crippen LogP contribution in [-0.2, 0) is 0 Å². The summed E-state index contributed by atoms with van der Waals surface area (Å²) >= 11 is 12.5. The first kappa shape index (κ1) is 18.7. The summed E-state index contributed by atoms with van der Waals surface area (Å²) in [5, 5.41) is 4.55. The largest absolute Gasteiger partial charge is 0.345 e. The Morgan fingerprint density at radius 1 is 1.03 bits per heavy atom. The van der Waals surface area contributed by atoms with E-state index in [1.807, 2.05) is 34.9 Å². The van der Waals surface area contributed by atoms with Gasteiger partial charge in [0.1, 0.15) is 5.82 Å². The number of imidazole rings is 1. The van der Waals surface area contributed by atoms with E-state index in [9.17, 15) is 4.79 Å². The highest BCUT2D eigenvalue weighted by atomic mass is 35.5. The second kappa shape index (κ2) is 6.73. The van der Waals surface area contributed by atoms with Crippen LogP contribution in [0.15, 0.2) is 42.6 Å². The molecule has 6 heteroatoms. The number of nitrogens with one attached hydrogen (secondary N) is 1. The molecule has 4 saturated carbocycles. The fraction of sp³-hybridized carbons (Fsp3) is 0.417. The average Bonchev–Trinajstić information content (AvgIpc) is 3.06. The summed E-state index contributed by atoms with van der Waals surface area (Å²) in [6.07, 6.45) is 9.32. The Labute approximate surface area is 185 Å². The number of pyridine rings is 1. The van der Waals surface area contributed by atoms with Crippen molar-refractivity contribution in [3.05, 3.63) is 58.3 Å². The van der Waals surface area contributed by atoms with E-state index in [1.54, 1.807) is 12.1 Å². The highest BCUT2D eigenvalue weighted by Gasteiger charge is 2.51. The molecular formula is C24H23Cl2N3O. The molecule has 0 saturated heterocycles. The molecule has 30 heavy (non-hydrogen) atoms. The molecule has 3 aromatic rings. The quantitative estimate of drug-likeness (QED) is 0.543. The van der Waals surface area contributed by atoms with Crippen LogP contribution in [0, 0.1) is 17.8 Å². The van der Waals surface area contributed by atoms with Crippen LogP contribution in [0.5, 0.6) is 0 Å². The molecule has 4 aliphatic carbocycles. The van der Waals surface area contributed by atoms with E-state index in [1.165, 1.54) is 19.3 Å². The van der Waals surface area contributed by atoms with Crippen LogP contribution in [0.25, 0.3) is 16.9 Å². The molecule has 0 aliphatic heterocycles. The van der Waals surface area contributed by atoms with Crippen molar-refractivity contribution >= 4 is 34.6 Å². The summed E-state index contributed by atoms with van der Waals surface area (Å²) in [6, 6.07) is 11.2. The molecule has 4 fully saturated rings. The number of halogens is 2. The summed E-state index contributed by atoms with van der Waals surface area (Å²) in [5.41, 5.74) is 1.97. The Morgan fingerprint density at radius 2 is 1.73 bits per heavy atom. The number of nitrogens with zero attached hydrogens (tertiary/aromatic N) is 2. The van der Waals surface area contributed by atoms with E-state index < -0.39 is 0 Å². The number of rotatable bonds is 3. The van der Waals surface area contributed by atoms with Gasteiger partial charge in [0.15, 0.2) is 5.69 Å². The van der Waals surface area contributed by atoms with Gasteiger partial charge in [-0.3, -0.25) is 9.20 Å². The molecule has 4 bridgehead atoms. The smallest absolute Gasteiger partial charge is 0.272 e. The zero-order valence-corrected chi connectivity index (χ0v) is 18.1. The summed E-state index contributed by atoms with van der Waals surface area (Å²) in [5.74, 6) is 2.91. The summed E-state index contributed by atoms with van der Waals surface area (Å²) in [6.45, 7) is 0. The van der Waals surface area contributed by atoms with Crippen molar-refractivity contribution in [1.82, 2.24) is 14.7 Å². The van der Waals surface area contributed by atoms with Gasteiger partial charge in [0.25, 0.3) is 5.91 Å². The van der Waals surface area contributed by atoms with Crippen LogP contribution >= 0.6 is 23.2 Å². The molecule has 2 aromatic heterocycles. The van der Waals surface area contributed by atoms with Gasteiger partial charge in [-0.1, -0.05) is 29.3 Å². The lowest BCUT2D eigenvalue weighted by Crippen LogP contribution is -2.59. The van der Waals surface area contributed by atoms with E-state index >= 15 is 0 Å². The van der Waals surface area contributed by atoms with Crippen molar-refractivity contribution in [1.29, 1.82) is 0 Å². The van der Waals surface area contributed by atoms with Gasteiger partial charge in [-0.15, -0.1) is 0 Å². The number of hydrogen-bond donors (Lipinski definition) is 1. The van der Waals surface area contributed by atoms with Crippen LogP contribution in [-0.4, -0.2) is 20.8 Å². The van der Waals surface area contributed by atoms with Gasteiger partial charge in [0, 0.05) is 22.3 Å². The van der Waals surface area contributed by atoms with E-state index in [4.69, 9.17) is 28.2 Å². The van der Waals surface area contributed by atoms with E-state index in [0.717, 1.165) is 48.1 Å². The maximum atomic E-state index is 13.5. The van der Waals surface area contributed by atoms with E-state index in [2.05, 4.69) is 5.32 Å². The van der Waals surface area contributed by atoms with E-state index in [-0.39, 0.29) is 11.4 Å². The second-order valence-corrected chi connectivity index (χ2v) is 10.4. The molecular weight excluding hydrogens is 417 g/mol. The number of hydrogen-bond acceptors (Lipinski definition) is 2. The van der Waals surface area contributed by atoms with Crippen LogP contribution in [0.1, 0.15) is 49.0 Å². The maximum absolute atomic E-state index is 13.5. The number of amides is 1. The van der Waals surface area contributed by atoms with Gasteiger partial charge >= 0.3 is 0 Å². The topological polar surface area (TPSA) is 46.4 Å². The van der Waals surface area contributed by atoms with Gasteiger partial charge in [-0.05, 0) is 86.6 Å². The molecule has 0 atom stereocenters. The van der Waals surface area contributed by atoms with Gasteiger partial charge in [0.05, 0.1) is 10.5 Å². The molecule has 0 spiro atoms. The number of aromatic nitrogens is 2. The average molecular weight is 440 g/mol. The Morgan fingerprint density at radius 3 is 2.40 bits per heavy atom. The molecule has 2 heterocycles. The van der Waals surface area contributed by atoms with E-state index in [0.29, 0.717) is 21.6 Å². The normalized spacial score (nSPS) is 29.5. The predicted molar refractivity (Wildman–Crippen MR) is 119 cm³/mol. The highest BCUT2D eigenvalue weighted by Crippen LogP contribution is 2.55. The fourth-order valence-electron chi connectivity index (χ4n) is 6.63. The molecule has 4 aliphatic rings. The first-order chi connectivity index (χ1) is 14.5. The first-order valence-corrected chi connectivity index (χ1v) is 11.5. The summed E-state index contributed by atoms with van der Waals surface area (Å²) in [4.78, 5) is 18.3. The Balaban J connectivity index is 1.39. The van der Waals surface area contributed by atoms with Gasteiger partial charge < -0.3 is 5.32 Å². The standard InChI is InChI=1S/C24H23Cl2N3O/c25-17-4-5-18(19(26)10-17)22-27-21(20-3-1-2-6-29(20)22)23(30)28-24-11-14-7-15(12-24)9-16(8-14)13-24/h1-6,10,14-16H,7-9,11-13H2,(H,28,30). The second-order valence-electron chi connectivity index (χ2n) is 9.52. The molecule has 0 unspecified atom stereocenters. The minimum atomic E-state index is -0.0722. The SMILES string of the molecule is O=C(NC12CC3CC(CC(C3)C1)C2)c1nc(-c2ccc(Cl)cc2Cl)n2ccccc12. The number of fused-ring (bicyclic) bond motifs is 1. The zero-order valence-electron chi connectivity index (χ0n) is 16.6. The summed E-state index contributed by atoms with van der Waals surface area (Å²) < 4.78 is 1.93. The Kier molecular flexibility index (Phi) is 4.20. The third-order valence-corrected chi connectivity index (χ3v) is 7.90. The maximum Gasteiger partial charge on any atom is 0.272 e. The van der Waals surface area contributed by atoms with Gasteiger partial charge in [0.2, 0.25) is 0 Å². The van der Waals surface area contributed by atoms with Crippen LogP contribution in [0.4, 0.5) is 0 Å². The number of carbonyl (C=O) groups excluding carboxylic acids is 1. The number of carbonyl (C=O) groups is 1. The minimum absolute atomic E-state index is 0.0470. The predicted octanol–water partition coefficient (Wildman–Crippen LogP) is 6.01. The van der Waals surface area contributed by atoms with Crippen LogP contribution in [0.3, 0.4) is 0 Å². The minimum Gasteiger partial charge on any atom is -0.345 e. The zero-order chi connectivity index (χ0) is 20.5. The van der Waals surface area contributed by atoms with Crippen molar-refractivity contribution in [2.24, 2.45) is 17.8 Å². The first-order valence-electron chi connectivity index (χ1n) is 10.7. The van der Waals surface area contributed by atoms with Crippen molar-refractivity contribution in [2.45, 2.75) is 44.1 Å². The number of benzene rings is 1.